The van der Waals surface area contributed by atoms with Crippen molar-refractivity contribution < 1.29 is 24.2 Å². The molecule has 20 heavy (non-hydrogen) atoms. The first kappa shape index (κ1) is 14.2. The Morgan fingerprint density at radius 2 is 2.05 bits per heavy atom. The van der Waals surface area contributed by atoms with Crippen LogP contribution in [0, 0.1) is 5.92 Å². The monoisotopic (exact) mass is 279 g/mol. The van der Waals surface area contributed by atoms with Gasteiger partial charge in [-0.1, -0.05) is 13.0 Å². The Balaban J connectivity index is 2.08. The Labute approximate surface area is 116 Å². The molecule has 6 heteroatoms. The SMILES string of the molecule is CC(=O)N(Cc1ccc2c(c1)OCO2)CC(C)C(=O)O. The van der Waals surface area contributed by atoms with Crippen molar-refractivity contribution in [2.45, 2.75) is 20.4 Å². The van der Waals surface area contributed by atoms with Gasteiger partial charge in [-0.05, 0) is 17.7 Å². The molecule has 1 aromatic carbocycles. The molecule has 0 saturated heterocycles. The zero-order valence-electron chi connectivity index (χ0n) is 11.5. The summed E-state index contributed by atoms with van der Waals surface area (Å²) in [4.78, 5) is 24.0. The van der Waals surface area contributed by atoms with Crippen LogP contribution in [0.5, 0.6) is 11.5 Å². The molecule has 2 rings (SSSR count). The smallest absolute Gasteiger partial charge is 0.308 e. The third-order valence-corrected chi connectivity index (χ3v) is 3.17. The van der Waals surface area contributed by atoms with Crippen LogP contribution in [0.2, 0.25) is 0 Å². The van der Waals surface area contributed by atoms with E-state index in [4.69, 9.17) is 14.6 Å². The molecule has 0 fully saturated rings. The topological polar surface area (TPSA) is 76.1 Å². The van der Waals surface area contributed by atoms with Crippen LogP contribution in [0.15, 0.2) is 18.2 Å². The van der Waals surface area contributed by atoms with E-state index in [0.717, 1.165) is 5.56 Å². The van der Waals surface area contributed by atoms with E-state index in [1.807, 2.05) is 12.1 Å². The van der Waals surface area contributed by atoms with Crippen molar-refractivity contribution in [2.75, 3.05) is 13.3 Å². The molecule has 0 saturated carbocycles. The number of carbonyl (C=O) groups is 2. The third-order valence-electron chi connectivity index (χ3n) is 3.17. The number of carboxylic acids is 1. The maximum absolute atomic E-state index is 11.6. The highest BCUT2D eigenvalue weighted by atomic mass is 16.7. The average molecular weight is 279 g/mol. The first-order valence-electron chi connectivity index (χ1n) is 6.34. The number of hydrogen-bond donors (Lipinski definition) is 1. The maximum atomic E-state index is 11.6. The van der Waals surface area contributed by atoms with Crippen LogP contribution in [0.1, 0.15) is 19.4 Å². The second kappa shape index (κ2) is 5.81. The van der Waals surface area contributed by atoms with Gasteiger partial charge in [-0.3, -0.25) is 9.59 Å². The van der Waals surface area contributed by atoms with Gasteiger partial charge in [0, 0.05) is 20.0 Å². The number of rotatable bonds is 5. The summed E-state index contributed by atoms with van der Waals surface area (Å²) in [6, 6.07) is 5.44. The van der Waals surface area contributed by atoms with Crippen LogP contribution in [0.4, 0.5) is 0 Å². The number of hydrogen-bond acceptors (Lipinski definition) is 4. The lowest BCUT2D eigenvalue weighted by molar-refractivity contribution is -0.142. The molecule has 0 aliphatic carbocycles. The van der Waals surface area contributed by atoms with Crippen LogP contribution in [0.3, 0.4) is 0 Å². The first-order valence-corrected chi connectivity index (χ1v) is 6.34. The largest absolute Gasteiger partial charge is 0.481 e. The second-order valence-corrected chi connectivity index (χ2v) is 4.83. The second-order valence-electron chi connectivity index (χ2n) is 4.83. The van der Waals surface area contributed by atoms with Gasteiger partial charge in [-0.2, -0.15) is 0 Å². The van der Waals surface area contributed by atoms with Crippen molar-refractivity contribution in [2.24, 2.45) is 5.92 Å². The van der Waals surface area contributed by atoms with Crippen LogP contribution < -0.4 is 9.47 Å². The van der Waals surface area contributed by atoms with Crippen molar-refractivity contribution in [3.05, 3.63) is 23.8 Å². The van der Waals surface area contributed by atoms with Crippen molar-refractivity contribution >= 4 is 11.9 Å². The molecule has 1 atom stereocenters. The van der Waals surface area contributed by atoms with Crippen LogP contribution in [-0.2, 0) is 16.1 Å². The molecule has 1 heterocycles. The lowest BCUT2D eigenvalue weighted by atomic mass is 10.1. The molecule has 1 aromatic rings. The van der Waals surface area contributed by atoms with Gasteiger partial charge in [0.2, 0.25) is 12.7 Å². The van der Waals surface area contributed by atoms with Crippen LogP contribution in [0.25, 0.3) is 0 Å². The van der Waals surface area contributed by atoms with E-state index in [1.54, 1.807) is 13.0 Å². The van der Waals surface area contributed by atoms with Gasteiger partial charge in [-0.25, -0.2) is 0 Å². The summed E-state index contributed by atoms with van der Waals surface area (Å²) >= 11 is 0. The number of nitrogens with zero attached hydrogens (tertiary/aromatic N) is 1. The average Bonchev–Trinajstić information content (AvgIpc) is 2.84. The molecule has 1 amide bonds. The Morgan fingerprint density at radius 1 is 1.35 bits per heavy atom. The summed E-state index contributed by atoms with van der Waals surface area (Å²) in [5, 5.41) is 8.93. The molecule has 6 nitrogen and oxygen atoms in total. The lowest BCUT2D eigenvalue weighted by Gasteiger charge is -2.23. The number of benzene rings is 1. The van der Waals surface area contributed by atoms with Gasteiger partial charge >= 0.3 is 5.97 Å². The summed E-state index contributed by atoms with van der Waals surface area (Å²) in [7, 11) is 0. The quantitative estimate of drug-likeness (QED) is 0.883. The van der Waals surface area contributed by atoms with Crippen molar-refractivity contribution in [3.8, 4) is 11.5 Å². The molecule has 0 aromatic heterocycles. The molecule has 0 radical (unpaired) electrons. The number of fused-ring (bicyclic) bond motifs is 1. The fraction of sp³-hybridized carbons (Fsp3) is 0.429. The van der Waals surface area contributed by atoms with E-state index in [-0.39, 0.29) is 19.2 Å². The number of carbonyl (C=O) groups excluding carboxylic acids is 1. The molecule has 1 aliphatic rings. The number of aliphatic carboxylic acids is 1. The third kappa shape index (κ3) is 3.20. The molecule has 108 valence electrons. The number of ether oxygens (including phenoxy) is 2. The zero-order chi connectivity index (χ0) is 14.7. The van der Waals surface area contributed by atoms with E-state index >= 15 is 0 Å². The molecule has 1 unspecified atom stereocenters. The number of amides is 1. The minimum absolute atomic E-state index is 0.157. The van der Waals surface area contributed by atoms with Gasteiger partial charge in [0.1, 0.15) is 0 Å². The summed E-state index contributed by atoms with van der Waals surface area (Å²) in [5.41, 5.74) is 0.877. The minimum Gasteiger partial charge on any atom is -0.481 e. The predicted octanol–water partition coefficient (Wildman–Crippen LogP) is 1.48. The first-order chi connectivity index (χ1) is 9.47. The molecule has 0 bridgehead atoms. The van der Waals surface area contributed by atoms with Gasteiger partial charge in [0.05, 0.1) is 5.92 Å². The van der Waals surface area contributed by atoms with E-state index < -0.39 is 11.9 Å². The fourth-order valence-electron chi connectivity index (χ4n) is 1.97. The van der Waals surface area contributed by atoms with E-state index in [0.29, 0.717) is 18.0 Å². The van der Waals surface area contributed by atoms with E-state index in [2.05, 4.69) is 0 Å². The summed E-state index contributed by atoms with van der Waals surface area (Å²) < 4.78 is 10.5. The van der Waals surface area contributed by atoms with E-state index in [9.17, 15) is 9.59 Å². The highest BCUT2D eigenvalue weighted by Gasteiger charge is 2.20. The molecular weight excluding hydrogens is 262 g/mol. The van der Waals surface area contributed by atoms with Gasteiger partial charge in [0.25, 0.3) is 0 Å². The van der Waals surface area contributed by atoms with Gasteiger partial charge in [-0.15, -0.1) is 0 Å². The normalized spacial score (nSPS) is 13.9. The Bertz CT molecular complexity index is 528. The summed E-state index contributed by atoms with van der Waals surface area (Å²) in [6.45, 7) is 3.74. The molecule has 1 N–H and O–H groups in total. The Kier molecular flexibility index (Phi) is 4.12. The van der Waals surface area contributed by atoms with Gasteiger partial charge in [0.15, 0.2) is 11.5 Å². The standard InChI is InChI=1S/C14H17NO5/c1-9(14(17)18)6-15(10(2)16)7-11-3-4-12-13(5-11)20-8-19-12/h3-5,9H,6-8H2,1-2H3,(H,17,18). The highest BCUT2D eigenvalue weighted by Crippen LogP contribution is 2.32. The van der Waals surface area contributed by atoms with Crippen molar-refractivity contribution in [1.29, 1.82) is 0 Å². The molecule has 1 aliphatic heterocycles. The minimum atomic E-state index is -0.915. The lowest BCUT2D eigenvalue weighted by Crippen LogP contribution is -2.34. The predicted molar refractivity (Wildman–Crippen MR) is 70.5 cm³/mol. The summed E-state index contributed by atoms with van der Waals surface area (Å²) in [5.74, 6) is -0.343. The molecular formula is C14H17NO5. The van der Waals surface area contributed by atoms with Crippen molar-refractivity contribution in [1.82, 2.24) is 4.90 Å². The van der Waals surface area contributed by atoms with E-state index in [1.165, 1.54) is 11.8 Å². The van der Waals surface area contributed by atoms with Crippen LogP contribution >= 0.6 is 0 Å². The highest BCUT2D eigenvalue weighted by molar-refractivity contribution is 5.75. The number of carboxylic acid groups (broad SMARTS) is 1. The maximum Gasteiger partial charge on any atom is 0.308 e. The fourth-order valence-corrected chi connectivity index (χ4v) is 1.97. The Morgan fingerprint density at radius 3 is 2.70 bits per heavy atom. The van der Waals surface area contributed by atoms with Crippen molar-refractivity contribution in [3.63, 3.8) is 0 Å². The van der Waals surface area contributed by atoms with Gasteiger partial charge < -0.3 is 19.5 Å². The van der Waals surface area contributed by atoms with Crippen LogP contribution in [-0.4, -0.2) is 35.2 Å². The zero-order valence-corrected chi connectivity index (χ0v) is 11.5. The Hall–Kier alpha value is -2.24. The summed E-state index contributed by atoms with van der Waals surface area (Å²) in [6.07, 6.45) is 0. The molecule has 0 spiro atoms.